The number of carbonyl (C=O) groups excluding carboxylic acids is 1. The van der Waals surface area contributed by atoms with Crippen molar-refractivity contribution in [1.29, 1.82) is 0 Å². The predicted molar refractivity (Wildman–Crippen MR) is 137 cm³/mol. The molecule has 1 saturated heterocycles. The van der Waals surface area contributed by atoms with Crippen LogP contribution in [0.3, 0.4) is 0 Å². The van der Waals surface area contributed by atoms with E-state index in [1.807, 2.05) is 50.3 Å². The quantitative estimate of drug-likeness (QED) is 0.293. The highest BCUT2D eigenvalue weighted by molar-refractivity contribution is 5.85. The van der Waals surface area contributed by atoms with E-state index in [0.717, 1.165) is 55.2 Å². The topological polar surface area (TPSA) is 72.4 Å². The van der Waals surface area contributed by atoms with Gasteiger partial charge in [0.25, 0.3) is 0 Å². The van der Waals surface area contributed by atoms with E-state index in [1.165, 1.54) is 4.90 Å². The van der Waals surface area contributed by atoms with E-state index < -0.39 is 0 Å². The molecule has 2 aliphatic heterocycles. The summed E-state index contributed by atoms with van der Waals surface area (Å²) < 4.78 is 16.9. The highest BCUT2D eigenvalue weighted by Crippen LogP contribution is 2.24. The SMILES string of the molecule is C=CC(=C\N(C)C=O)/C1=C(\O/C(C)=C/C=C\C=C(/C)OC)C/N=C(/C2CCOCC2)NC/C=C\1. The van der Waals surface area contributed by atoms with Gasteiger partial charge in [-0.25, -0.2) is 0 Å². The van der Waals surface area contributed by atoms with Crippen molar-refractivity contribution in [3.8, 4) is 0 Å². The second-order valence-corrected chi connectivity index (χ2v) is 8.01. The van der Waals surface area contributed by atoms with Gasteiger partial charge >= 0.3 is 0 Å². The van der Waals surface area contributed by atoms with Crippen LogP contribution >= 0.6 is 0 Å². The minimum Gasteiger partial charge on any atom is -0.501 e. The van der Waals surface area contributed by atoms with Gasteiger partial charge in [-0.3, -0.25) is 9.79 Å². The minimum atomic E-state index is 0.343. The first-order valence-corrected chi connectivity index (χ1v) is 11.5. The molecule has 2 aliphatic rings. The number of nitrogens with zero attached hydrogens (tertiary/aromatic N) is 2. The highest BCUT2D eigenvalue weighted by atomic mass is 16.5. The van der Waals surface area contributed by atoms with Gasteiger partial charge in [-0.1, -0.05) is 37.0 Å². The fraction of sp³-hybridized carbons (Fsp3) is 0.407. The summed E-state index contributed by atoms with van der Waals surface area (Å²) in [6, 6.07) is 0. The zero-order chi connectivity index (χ0) is 24.8. The molecule has 0 aliphatic carbocycles. The summed E-state index contributed by atoms with van der Waals surface area (Å²) in [5.74, 6) is 3.53. The Morgan fingerprint density at radius 1 is 1.24 bits per heavy atom. The Hall–Kier alpha value is -3.32. The molecule has 184 valence electrons. The average Bonchev–Trinajstić information content (AvgIpc) is 2.96. The molecule has 0 saturated carbocycles. The zero-order valence-corrected chi connectivity index (χ0v) is 20.8. The van der Waals surface area contributed by atoms with Crippen LogP contribution in [0.4, 0.5) is 0 Å². The van der Waals surface area contributed by atoms with Gasteiger partial charge in [-0.15, -0.1) is 0 Å². The average molecular weight is 468 g/mol. The van der Waals surface area contributed by atoms with Gasteiger partial charge in [-0.2, -0.15) is 0 Å². The summed E-state index contributed by atoms with van der Waals surface area (Å²) in [5.41, 5.74) is 1.60. The number of carbonyl (C=O) groups is 1. The minimum absolute atomic E-state index is 0.343. The van der Waals surface area contributed by atoms with E-state index in [2.05, 4.69) is 11.9 Å². The molecule has 2 rings (SSSR count). The molecule has 7 nitrogen and oxygen atoms in total. The van der Waals surface area contributed by atoms with E-state index in [0.29, 0.717) is 30.5 Å². The lowest BCUT2D eigenvalue weighted by Gasteiger charge is -2.24. The van der Waals surface area contributed by atoms with Crippen molar-refractivity contribution in [2.75, 3.05) is 40.5 Å². The van der Waals surface area contributed by atoms with Gasteiger partial charge < -0.3 is 24.4 Å². The van der Waals surface area contributed by atoms with Gasteiger partial charge in [0.1, 0.15) is 17.4 Å². The normalized spacial score (nSPS) is 23.6. The Morgan fingerprint density at radius 3 is 2.59 bits per heavy atom. The molecular weight excluding hydrogens is 430 g/mol. The molecule has 1 amide bonds. The number of hydrogen-bond acceptors (Lipinski definition) is 6. The van der Waals surface area contributed by atoms with Crippen LogP contribution in [0.25, 0.3) is 0 Å². The zero-order valence-electron chi connectivity index (χ0n) is 20.8. The molecule has 0 unspecified atom stereocenters. The van der Waals surface area contributed by atoms with Crippen molar-refractivity contribution >= 4 is 12.2 Å². The van der Waals surface area contributed by atoms with Crippen LogP contribution in [0.1, 0.15) is 26.7 Å². The van der Waals surface area contributed by atoms with Crippen LogP contribution < -0.4 is 5.32 Å². The Bertz CT molecular complexity index is 916. The van der Waals surface area contributed by atoms with Crippen LogP contribution in [0.2, 0.25) is 0 Å². The molecule has 0 aromatic heterocycles. The summed E-state index contributed by atoms with van der Waals surface area (Å²) in [4.78, 5) is 17.6. The molecule has 1 N–H and O–H groups in total. The smallest absolute Gasteiger partial charge is 0.213 e. The van der Waals surface area contributed by atoms with E-state index in [4.69, 9.17) is 19.2 Å². The lowest BCUT2D eigenvalue weighted by molar-refractivity contribution is -0.115. The van der Waals surface area contributed by atoms with Gasteiger partial charge in [0.05, 0.1) is 19.4 Å². The van der Waals surface area contributed by atoms with Crippen molar-refractivity contribution in [2.45, 2.75) is 26.7 Å². The number of aliphatic imine (C=N–C) groups is 1. The Balaban J connectivity index is 2.42. The largest absolute Gasteiger partial charge is 0.501 e. The third kappa shape index (κ3) is 8.90. The van der Waals surface area contributed by atoms with Gasteiger partial charge in [-0.05, 0) is 38.8 Å². The number of ether oxygens (including phenoxy) is 3. The maximum atomic E-state index is 11.2. The van der Waals surface area contributed by atoms with Gasteiger partial charge in [0, 0.05) is 50.1 Å². The van der Waals surface area contributed by atoms with E-state index in [1.54, 1.807) is 26.4 Å². The Morgan fingerprint density at radius 2 is 1.94 bits per heavy atom. The number of allylic oxidation sites excluding steroid dienone is 10. The summed E-state index contributed by atoms with van der Waals surface area (Å²) in [7, 11) is 3.32. The third-order valence-electron chi connectivity index (χ3n) is 5.41. The molecule has 1 fully saturated rings. The van der Waals surface area contributed by atoms with Crippen molar-refractivity contribution in [3.05, 3.63) is 83.7 Å². The fourth-order valence-corrected chi connectivity index (χ4v) is 3.48. The molecule has 0 aromatic rings. The van der Waals surface area contributed by atoms with Crippen molar-refractivity contribution < 1.29 is 19.0 Å². The van der Waals surface area contributed by atoms with Crippen LogP contribution in [-0.2, 0) is 19.0 Å². The number of amides is 1. The first kappa shape index (κ1) is 26.9. The van der Waals surface area contributed by atoms with E-state index >= 15 is 0 Å². The fourth-order valence-electron chi connectivity index (χ4n) is 3.48. The number of hydrogen-bond donors (Lipinski definition) is 1. The highest BCUT2D eigenvalue weighted by Gasteiger charge is 2.21. The lowest BCUT2D eigenvalue weighted by Crippen LogP contribution is -2.35. The van der Waals surface area contributed by atoms with Crippen LogP contribution in [0.15, 0.2) is 88.7 Å². The van der Waals surface area contributed by atoms with Crippen LogP contribution in [0, 0.1) is 5.92 Å². The molecular formula is C27H37N3O4. The van der Waals surface area contributed by atoms with E-state index in [9.17, 15) is 4.79 Å². The monoisotopic (exact) mass is 467 g/mol. The maximum Gasteiger partial charge on any atom is 0.213 e. The lowest BCUT2D eigenvalue weighted by atomic mass is 9.99. The second-order valence-electron chi connectivity index (χ2n) is 8.01. The van der Waals surface area contributed by atoms with Crippen molar-refractivity contribution in [3.63, 3.8) is 0 Å². The molecule has 0 radical (unpaired) electrons. The number of rotatable bonds is 10. The molecule has 0 atom stereocenters. The summed E-state index contributed by atoms with van der Waals surface area (Å²) in [6.45, 7) is 10.2. The number of amidine groups is 1. The van der Waals surface area contributed by atoms with Crippen molar-refractivity contribution in [2.24, 2.45) is 10.9 Å². The number of methoxy groups -OCH3 is 1. The van der Waals surface area contributed by atoms with Crippen LogP contribution in [0.5, 0.6) is 0 Å². The Labute approximate surface area is 203 Å². The first-order chi connectivity index (χ1) is 16.5. The Kier molecular flexibility index (Phi) is 11.7. The third-order valence-corrected chi connectivity index (χ3v) is 5.41. The second kappa shape index (κ2) is 14.8. The summed E-state index contributed by atoms with van der Waals surface area (Å²) in [5, 5.41) is 3.46. The van der Waals surface area contributed by atoms with Crippen LogP contribution in [-0.4, -0.2) is 57.6 Å². The standard InChI is InChI=1S/C27H37N3O4/c1-6-23(19-30(4)20-31)25-12-9-15-28-27(24-13-16-33-17-14-24)29-18-26(25)34-22(3)11-8-7-10-21(2)32-5/h6-12,19-20,24H,1,13-18H2,2-5H3,(H,28,29)/b8-7-,12-9-,21-10+,22-11+,23-19+,26-25-. The van der Waals surface area contributed by atoms with Crippen molar-refractivity contribution in [1.82, 2.24) is 10.2 Å². The summed E-state index contributed by atoms with van der Waals surface area (Å²) >= 11 is 0. The molecule has 0 aromatic carbocycles. The molecule has 2 heterocycles. The molecule has 0 bridgehead atoms. The number of nitrogens with one attached hydrogen (secondary N) is 1. The van der Waals surface area contributed by atoms with Gasteiger partial charge in [0.2, 0.25) is 6.41 Å². The maximum absolute atomic E-state index is 11.2. The van der Waals surface area contributed by atoms with E-state index in [-0.39, 0.29) is 0 Å². The molecule has 7 heteroatoms. The predicted octanol–water partition coefficient (Wildman–Crippen LogP) is 4.41. The first-order valence-electron chi connectivity index (χ1n) is 11.5. The molecule has 34 heavy (non-hydrogen) atoms. The summed E-state index contributed by atoms with van der Waals surface area (Å²) in [6.07, 6.45) is 17.7. The molecule has 0 spiro atoms. The van der Waals surface area contributed by atoms with Gasteiger partial charge in [0.15, 0.2) is 0 Å².